The third-order valence-electron chi connectivity index (χ3n) is 3.69. The van der Waals surface area contributed by atoms with Gasteiger partial charge in [0.2, 0.25) is 5.91 Å². The topological polar surface area (TPSA) is 92.4 Å². The van der Waals surface area contributed by atoms with Gasteiger partial charge in [-0.15, -0.1) is 0 Å². The fourth-order valence-corrected chi connectivity index (χ4v) is 2.15. The molecule has 1 aliphatic carbocycles. The van der Waals surface area contributed by atoms with Crippen molar-refractivity contribution in [3.8, 4) is 0 Å². The SMILES string of the molecule is CC[C@H](C)[C@H](N)C(=O)N[C@H]1CC[C@@H](C(=O)O)C1. The Bertz CT molecular complexity index is 293. The van der Waals surface area contributed by atoms with Gasteiger partial charge in [-0.25, -0.2) is 0 Å². The number of carboxylic acids is 1. The van der Waals surface area contributed by atoms with Crippen LogP contribution in [-0.2, 0) is 9.59 Å². The van der Waals surface area contributed by atoms with Crippen molar-refractivity contribution in [2.75, 3.05) is 0 Å². The van der Waals surface area contributed by atoms with Crippen LogP contribution in [0.2, 0.25) is 0 Å². The molecule has 0 unspecified atom stereocenters. The predicted molar refractivity (Wildman–Crippen MR) is 64.3 cm³/mol. The van der Waals surface area contributed by atoms with E-state index in [0.717, 1.165) is 12.8 Å². The van der Waals surface area contributed by atoms with Gasteiger partial charge in [0.1, 0.15) is 0 Å². The maximum atomic E-state index is 11.8. The van der Waals surface area contributed by atoms with Crippen molar-refractivity contribution in [3.05, 3.63) is 0 Å². The number of hydrogen-bond acceptors (Lipinski definition) is 3. The predicted octanol–water partition coefficient (Wildman–Crippen LogP) is 0.729. The summed E-state index contributed by atoms with van der Waals surface area (Å²) in [5, 5.41) is 11.7. The van der Waals surface area contributed by atoms with E-state index < -0.39 is 12.0 Å². The summed E-state index contributed by atoms with van der Waals surface area (Å²) < 4.78 is 0. The highest BCUT2D eigenvalue weighted by atomic mass is 16.4. The third-order valence-corrected chi connectivity index (χ3v) is 3.69. The molecule has 0 radical (unpaired) electrons. The first kappa shape index (κ1) is 14.0. The van der Waals surface area contributed by atoms with Crippen LogP contribution in [0.5, 0.6) is 0 Å². The molecule has 0 aromatic heterocycles. The number of carbonyl (C=O) groups excluding carboxylic acids is 1. The normalized spacial score (nSPS) is 27.5. The van der Waals surface area contributed by atoms with Crippen molar-refractivity contribution in [2.45, 2.75) is 51.6 Å². The van der Waals surface area contributed by atoms with E-state index in [1.54, 1.807) is 0 Å². The van der Waals surface area contributed by atoms with Gasteiger partial charge in [0, 0.05) is 6.04 Å². The summed E-state index contributed by atoms with van der Waals surface area (Å²) in [4.78, 5) is 22.6. The van der Waals surface area contributed by atoms with Crippen LogP contribution in [0.1, 0.15) is 39.5 Å². The van der Waals surface area contributed by atoms with Crippen molar-refractivity contribution in [2.24, 2.45) is 17.6 Å². The highest BCUT2D eigenvalue weighted by Gasteiger charge is 2.31. The zero-order valence-corrected chi connectivity index (χ0v) is 10.5. The van der Waals surface area contributed by atoms with E-state index in [0.29, 0.717) is 12.8 Å². The Labute approximate surface area is 102 Å². The Morgan fingerprint density at radius 2 is 2.12 bits per heavy atom. The van der Waals surface area contributed by atoms with E-state index in [2.05, 4.69) is 5.32 Å². The molecular weight excluding hydrogens is 220 g/mol. The second-order valence-electron chi connectivity index (χ2n) is 4.97. The number of nitrogens with two attached hydrogens (primary N) is 1. The minimum atomic E-state index is -0.770. The van der Waals surface area contributed by atoms with Crippen LogP contribution in [0.4, 0.5) is 0 Å². The van der Waals surface area contributed by atoms with Crippen molar-refractivity contribution in [1.82, 2.24) is 5.32 Å². The Balaban J connectivity index is 2.40. The van der Waals surface area contributed by atoms with Gasteiger partial charge in [0.15, 0.2) is 0 Å². The van der Waals surface area contributed by atoms with E-state index in [4.69, 9.17) is 10.8 Å². The zero-order valence-electron chi connectivity index (χ0n) is 10.5. The Morgan fingerprint density at radius 1 is 1.47 bits per heavy atom. The van der Waals surface area contributed by atoms with Gasteiger partial charge in [0.05, 0.1) is 12.0 Å². The minimum Gasteiger partial charge on any atom is -0.481 e. The summed E-state index contributed by atoms with van der Waals surface area (Å²) in [6, 6.07) is -0.525. The zero-order chi connectivity index (χ0) is 13.0. The van der Waals surface area contributed by atoms with Gasteiger partial charge in [-0.05, 0) is 25.2 Å². The molecule has 0 bridgehead atoms. The molecule has 0 saturated heterocycles. The molecule has 1 rings (SSSR count). The van der Waals surface area contributed by atoms with Gasteiger partial charge >= 0.3 is 5.97 Å². The molecule has 1 amide bonds. The highest BCUT2D eigenvalue weighted by molar-refractivity contribution is 5.82. The molecule has 5 nitrogen and oxygen atoms in total. The van der Waals surface area contributed by atoms with E-state index in [-0.39, 0.29) is 23.8 Å². The summed E-state index contributed by atoms with van der Waals surface area (Å²) in [5.41, 5.74) is 5.82. The van der Waals surface area contributed by atoms with Crippen molar-refractivity contribution in [1.29, 1.82) is 0 Å². The second-order valence-corrected chi connectivity index (χ2v) is 4.97. The average Bonchev–Trinajstić information content (AvgIpc) is 2.75. The number of amides is 1. The third kappa shape index (κ3) is 3.70. The molecule has 4 atom stereocenters. The molecule has 0 heterocycles. The van der Waals surface area contributed by atoms with Crippen LogP contribution in [0, 0.1) is 11.8 Å². The van der Waals surface area contributed by atoms with Crippen LogP contribution in [-0.4, -0.2) is 29.1 Å². The van der Waals surface area contributed by atoms with Crippen LogP contribution in [0.3, 0.4) is 0 Å². The largest absolute Gasteiger partial charge is 0.481 e. The van der Waals surface area contributed by atoms with E-state index in [9.17, 15) is 9.59 Å². The average molecular weight is 242 g/mol. The maximum Gasteiger partial charge on any atom is 0.306 e. The quantitative estimate of drug-likeness (QED) is 0.662. The van der Waals surface area contributed by atoms with E-state index >= 15 is 0 Å². The molecule has 0 aromatic carbocycles. The highest BCUT2D eigenvalue weighted by Crippen LogP contribution is 2.25. The molecule has 4 N–H and O–H groups in total. The van der Waals surface area contributed by atoms with Gasteiger partial charge in [-0.3, -0.25) is 9.59 Å². The number of carbonyl (C=O) groups is 2. The van der Waals surface area contributed by atoms with Gasteiger partial charge in [-0.2, -0.15) is 0 Å². The summed E-state index contributed by atoms with van der Waals surface area (Å²) in [7, 11) is 0. The number of hydrogen-bond donors (Lipinski definition) is 3. The Morgan fingerprint density at radius 3 is 2.59 bits per heavy atom. The lowest BCUT2D eigenvalue weighted by atomic mass is 9.99. The monoisotopic (exact) mass is 242 g/mol. The van der Waals surface area contributed by atoms with Crippen molar-refractivity contribution in [3.63, 3.8) is 0 Å². The van der Waals surface area contributed by atoms with Crippen molar-refractivity contribution >= 4 is 11.9 Å². The lowest BCUT2D eigenvalue weighted by molar-refractivity contribution is -0.141. The molecule has 0 aliphatic heterocycles. The smallest absolute Gasteiger partial charge is 0.306 e. The van der Waals surface area contributed by atoms with E-state index in [1.165, 1.54) is 0 Å². The van der Waals surface area contributed by atoms with E-state index in [1.807, 2.05) is 13.8 Å². The van der Waals surface area contributed by atoms with Crippen LogP contribution < -0.4 is 11.1 Å². The standard InChI is InChI=1S/C12H22N2O3/c1-3-7(2)10(13)11(15)14-9-5-4-8(6-9)12(16)17/h7-10H,3-6,13H2,1-2H3,(H,14,15)(H,16,17)/t7-,8+,9-,10-/m0/s1. The molecule has 1 aliphatic rings. The molecular formula is C12H22N2O3. The number of rotatable bonds is 5. The second kappa shape index (κ2) is 6.00. The number of aliphatic carboxylic acids is 1. The molecule has 1 saturated carbocycles. The Kier molecular flexibility index (Phi) is 4.93. The van der Waals surface area contributed by atoms with Gasteiger partial charge in [-0.1, -0.05) is 20.3 Å². The summed E-state index contributed by atoms with van der Waals surface area (Å²) in [5.74, 6) is -1.10. The number of nitrogens with one attached hydrogen (secondary N) is 1. The van der Waals surface area contributed by atoms with Crippen LogP contribution in [0.15, 0.2) is 0 Å². The van der Waals surface area contributed by atoms with Crippen LogP contribution >= 0.6 is 0 Å². The molecule has 98 valence electrons. The van der Waals surface area contributed by atoms with Crippen LogP contribution in [0.25, 0.3) is 0 Å². The summed E-state index contributed by atoms with van der Waals surface area (Å²) >= 11 is 0. The first-order chi connectivity index (χ1) is 7.95. The summed E-state index contributed by atoms with van der Waals surface area (Å²) in [6.45, 7) is 3.94. The first-order valence-electron chi connectivity index (χ1n) is 6.24. The first-order valence-corrected chi connectivity index (χ1v) is 6.24. The van der Waals surface area contributed by atoms with Crippen molar-refractivity contribution < 1.29 is 14.7 Å². The lowest BCUT2D eigenvalue weighted by Crippen LogP contribution is -2.47. The van der Waals surface area contributed by atoms with Gasteiger partial charge < -0.3 is 16.2 Å². The molecule has 0 spiro atoms. The minimum absolute atomic E-state index is 0.0290. The fourth-order valence-electron chi connectivity index (χ4n) is 2.15. The Hall–Kier alpha value is -1.10. The molecule has 0 aromatic rings. The molecule has 17 heavy (non-hydrogen) atoms. The lowest BCUT2D eigenvalue weighted by Gasteiger charge is -2.20. The molecule has 5 heteroatoms. The fraction of sp³-hybridized carbons (Fsp3) is 0.833. The molecule has 1 fully saturated rings. The number of carboxylic acid groups (broad SMARTS) is 1. The summed E-state index contributed by atoms with van der Waals surface area (Å²) in [6.07, 6.45) is 2.75. The van der Waals surface area contributed by atoms with Gasteiger partial charge in [0.25, 0.3) is 0 Å². The maximum absolute atomic E-state index is 11.8.